The van der Waals surface area contributed by atoms with Crippen molar-refractivity contribution in [1.82, 2.24) is 9.55 Å². The molecular weight excluding hydrogens is 410 g/mol. The van der Waals surface area contributed by atoms with Crippen LogP contribution in [0.5, 0.6) is 0 Å². The molecule has 1 aromatic heterocycles. The molecule has 3 aromatic carbocycles. The Morgan fingerprint density at radius 1 is 0.812 bits per heavy atom. The average Bonchev–Trinajstić information content (AvgIpc) is 3.30. The standard InChI is InChI=1S/C27H27N3OSi/c1-32(2,3)31-25(21-28)26-29-19-20-30(26)27(22-13-7-4-8-14-22,23-15-9-5-10-16-23)24-17-11-6-12-18-24/h4-20,25H,1-3H3. The molecule has 1 atom stereocenters. The number of hydrogen-bond acceptors (Lipinski definition) is 3. The predicted octanol–water partition coefficient (Wildman–Crippen LogP) is 6.14. The van der Waals surface area contributed by atoms with E-state index in [1.807, 2.05) is 60.8 Å². The maximum atomic E-state index is 10.1. The van der Waals surface area contributed by atoms with Crippen LogP contribution in [0.15, 0.2) is 103 Å². The van der Waals surface area contributed by atoms with Crippen molar-refractivity contribution in [3.63, 3.8) is 0 Å². The summed E-state index contributed by atoms with van der Waals surface area (Å²) in [4.78, 5) is 4.65. The molecule has 32 heavy (non-hydrogen) atoms. The highest BCUT2D eigenvalue weighted by molar-refractivity contribution is 6.69. The molecule has 0 amide bonds. The normalized spacial score (nSPS) is 12.8. The van der Waals surface area contributed by atoms with Gasteiger partial charge < -0.3 is 8.99 Å². The summed E-state index contributed by atoms with van der Waals surface area (Å²) >= 11 is 0. The molecule has 5 heteroatoms. The van der Waals surface area contributed by atoms with Gasteiger partial charge in [0.1, 0.15) is 11.6 Å². The van der Waals surface area contributed by atoms with E-state index in [0.29, 0.717) is 5.82 Å². The van der Waals surface area contributed by atoms with Gasteiger partial charge in [0, 0.05) is 12.4 Å². The van der Waals surface area contributed by atoms with Gasteiger partial charge in [-0.2, -0.15) is 5.26 Å². The van der Waals surface area contributed by atoms with Gasteiger partial charge in [-0.15, -0.1) is 0 Å². The minimum Gasteiger partial charge on any atom is -0.397 e. The van der Waals surface area contributed by atoms with Crippen LogP contribution in [0.1, 0.15) is 28.6 Å². The third-order valence-corrected chi connectivity index (χ3v) is 6.37. The lowest BCUT2D eigenvalue weighted by Gasteiger charge is -2.39. The largest absolute Gasteiger partial charge is 0.397 e. The molecule has 0 spiro atoms. The van der Waals surface area contributed by atoms with Gasteiger partial charge in [0.25, 0.3) is 0 Å². The Bertz CT molecular complexity index is 1100. The minimum absolute atomic E-state index is 0.603. The predicted molar refractivity (Wildman–Crippen MR) is 130 cm³/mol. The molecule has 0 saturated heterocycles. The molecule has 1 heterocycles. The molecule has 0 bridgehead atoms. The highest BCUT2D eigenvalue weighted by atomic mass is 28.4. The first-order valence-corrected chi connectivity index (χ1v) is 14.2. The second-order valence-electron chi connectivity index (χ2n) is 8.70. The second-order valence-corrected chi connectivity index (χ2v) is 13.2. The highest BCUT2D eigenvalue weighted by Crippen LogP contribution is 2.42. The summed E-state index contributed by atoms with van der Waals surface area (Å²) in [5.74, 6) is 0.603. The first-order chi connectivity index (χ1) is 15.5. The van der Waals surface area contributed by atoms with Gasteiger partial charge in [0.15, 0.2) is 20.2 Å². The zero-order valence-corrected chi connectivity index (χ0v) is 19.6. The number of aromatic nitrogens is 2. The van der Waals surface area contributed by atoms with Crippen molar-refractivity contribution in [2.45, 2.75) is 31.3 Å². The van der Waals surface area contributed by atoms with Crippen molar-refractivity contribution in [3.8, 4) is 6.07 Å². The number of benzene rings is 3. The van der Waals surface area contributed by atoms with Crippen LogP contribution in [0.2, 0.25) is 19.6 Å². The molecule has 4 nitrogen and oxygen atoms in total. The number of hydrogen-bond donors (Lipinski definition) is 0. The molecule has 0 saturated carbocycles. The van der Waals surface area contributed by atoms with Crippen LogP contribution in [0.25, 0.3) is 0 Å². The SMILES string of the molecule is C[Si](C)(C)OC(C#N)c1nccn1C(c1ccccc1)(c1ccccc1)c1ccccc1. The molecule has 0 aliphatic carbocycles. The number of imidazole rings is 1. The van der Waals surface area contributed by atoms with Gasteiger partial charge in [-0.3, -0.25) is 0 Å². The van der Waals surface area contributed by atoms with Crippen molar-refractivity contribution in [3.05, 3.63) is 126 Å². The van der Waals surface area contributed by atoms with Crippen molar-refractivity contribution in [2.75, 3.05) is 0 Å². The summed E-state index contributed by atoms with van der Waals surface area (Å²) in [6, 6.07) is 33.5. The maximum absolute atomic E-state index is 10.1. The van der Waals surface area contributed by atoms with E-state index < -0.39 is 20.0 Å². The lowest BCUT2D eigenvalue weighted by molar-refractivity contribution is 0.233. The molecule has 0 aliphatic heterocycles. The number of rotatable bonds is 7. The van der Waals surface area contributed by atoms with Crippen LogP contribution in [0.3, 0.4) is 0 Å². The third kappa shape index (κ3) is 4.03. The molecule has 0 fully saturated rings. The number of nitrogens with zero attached hydrogens (tertiary/aromatic N) is 3. The van der Waals surface area contributed by atoms with E-state index in [2.05, 4.69) is 71.7 Å². The first kappa shape index (κ1) is 21.8. The van der Waals surface area contributed by atoms with Gasteiger partial charge in [-0.1, -0.05) is 91.0 Å². The van der Waals surface area contributed by atoms with Crippen LogP contribution < -0.4 is 0 Å². The van der Waals surface area contributed by atoms with E-state index in [0.717, 1.165) is 16.7 Å². The van der Waals surface area contributed by atoms with E-state index in [1.54, 1.807) is 6.20 Å². The average molecular weight is 438 g/mol. The lowest BCUT2D eigenvalue weighted by atomic mass is 9.76. The number of nitriles is 1. The fourth-order valence-corrected chi connectivity index (χ4v) is 5.10. The van der Waals surface area contributed by atoms with Gasteiger partial charge in [0.2, 0.25) is 0 Å². The summed E-state index contributed by atoms with van der Waals surface area (Å²) in [6.07, 6.45) is 2.96. The van der Waals surface area contributed by atoms with Crippen molar-refractivity contribution >= 4 is 8.32 Å². The summed E-state index contributed by atoms with van der Waals surface area (Å²) in [5.41, 5.74) is 2.54. The highest BCUT2D eigenvalue weighted by Gasteiger charge is 2.41. The van der Waals surface area contributed by atoms with Crippen LogP contribution in [-0.4, -0.2) is 17.9 Å². The van der Waals surface area contributed by atoms with Crippen molar-refractivity contribution in [1.29, 1.82) is 5.26 Å². The van der Waals surface area contributed by atoms with Crippen LogP contribution in [0, 0.1) is 11.3 Å². The fraction of sp³-hybridized carbons (Fsp3) is 0.185. The third-order valence-electron chi connectivity index (χ3n) is 5.43. The summed E-state index contributed by atoms with van der Waals surface area (Å²) in [5, 5.41) is 10.1. The quantitative estimate of drug-likeness (QED) is 0.258. The van der Waals surface area contributed by atoms with E-state index in [4.69, 9.17) is 4.43 Å². The lowest BCUT2D eigenvalue weighted by Crippen LogP contribution is -2.40. The molecule has 0 N–H and O–H groups in total. The molecule has 4 rings (SSSR count). The first-order valence-electron chi connectivity index (χ1n) is 10.7. The topological polar surface area (TPSA) is 50.8 Å². The zero-order valence-electron chi connectivity index (χ0n) is 18.6. The summed E-state index contributed by atoms with van der Waals surface area (Å²) in [7, 11) is -1.99. The minimum atomic E-state index is -1.99. The van der Waals surface area contributed by atoms with Gasteiger partial charge in [-0.05, 0) is 36.3 Å². The van der Waals surface area contributed by atoms with Crippen LogP contribution in [0.4, 0.5) is 0 Å². The maximum Gasteiger partial charge on any atom is 0.192 e. The summed E-state index contributed by atoms with van der Waals surface area (Å²) < 4.78 is 8.38. The molecule has 1 unspecified atom stereocenters. The molecule has 160 valence electrons. The van der Waals surface area contributed by atoms with Gasteiger partial charge in [0.05, 0.1) is 0 Å². The van der Waals surface area contributed by atoms with Gasteiger partial charge >= 0.3 is 0 Å². The fourth-order valence-electron chi connectivity index (χ4n) is 4.24. The summed E-state index contributed by atoms with van der Waals surface area (Å²) in [6.45, 7) is 6.26. The Morgan fingerprint density at radius 3 is 1.62 bits per heavy atom. The molecule has 4 aromatic rings. The molecule has 0 aliphatic rings. The van der Waals surface area contributed by atoms with E-state index in [-0.39, 0.29) is 0 Å². The monoisotopic (exact) mass is 437 g/mol. The smallest absolute Gasteiger partial charge is 0.192 e. The Morgan fingerprint density at radius 2 is 1.25 bits per heavy atom. The Kier molecular flexibility index (Phi) is 6.09. The van der Waals surface area contributed by atoms with Gasteiger partial charge in [-0.25, -0.2) is 4.98 Å². The van der Waals surface area contributed by atoms with Crippen LogP contribution in [-0.2, 0) is 9.96 Å². The van der Waals surface area contributed by atoms with E-state index in [1.165, 1.54) is 0 Å². The Balaban J connectivity index is 2.07. The zero-order chi connectivity index (χ0) is 22.6. The molecular formula is C27H27N3OSi. The van der Waals surface area contributed by atoms with Crippen LogP contribution >= 0.6 is 0 Å². The second kappa shape index (κ2) is 8.95. The van der Waals surface area contributed by atoms with Crippen molar-refractivity contribution < 1.29 is 4.43 Å². The van der Waals surface area contributed by atoms with E-state index in [9.17, 15) is 5.26 Å². The van der Waals surface area contributed by atoms with E-state index >= 15 is 0 Å². The molecule has 0 radical (unpaired) electrons. The Hall–Kier alpha value is -3.46. The van der Waals surface area contributed by atoms with Crippen molar-refractivity contribution in [2.24, 2.45) is 0 Å². The Labute approximate surface area is 190 Å².